The molecule has 0 bridgehead atoms. The van der Waals surface area contributed by atoms with Gasteiger partial charge >= 0.3 is 0 Å². The van der Waals surface area contributed by atoms with Crippen molar-refractivity contribution >= 4 is 11.6 Å². The van der Waals surface area contributed by atoms with Crippen molar-refractivity contribution in [2.45, 2.75) is 19.4 Å². The van der Waals surface area contributed by atoms with Gasteiger partial charge in [0.15, 0.2) is 23.3 Å². The zero-order chi connectivity index (χ0) is 12.3. The van der Waals surface area contributed by atoms with E-state index in [4.69, 9.17) is 0 Å². The number of halogens is 2. The van der Waals surface area contributed by atoms with Crippen molar-refractivity contribution in [2.24, 2.45) is 0 Å². The fraction of sp³-hybridized carbons (Fsp3) is 0.500. The number of rotatable bonds is 4. The Kier molecular flexibility index (Phi) is 3.64. The SMILES string of the molecule is CNc1nc(NCC(C)(C)O)c(F)cc1F. The van der Waals surface area contributed by atoms with Crippen LogP contribution in [0.5, 0.6) is 0 Å². The van der Waals surface area contributed by atoms with Gasteiger partial charge in [0.2, 0.25) is 0 Å². The highest BCUT2D eigenvalue weighted by atomic mass is 19.1. The van der Waals surface area contributed by atoms with Gasteiger partial charge in [-0.3, -0.25) is 0 Å². The Labute approximate surface area is 92.7 Å². The number of aromatic nitrogens is 1. The summed E-state index contributed by atoms with van der Waals surface area (Å²) in [6, 6.07) is 0.742. The summed E-state index contributed by atoms with van der Waals surface area (Å²) in [4.78, 5) is 3.71. The van der Waals surface area contributed by atoms with Gasteiger partial charge in [0, 0.05) is 19.7 Å². The first-order chi connectivity index (χ1) is 7.33. The molecule has 0 aliphatic carbocycles. The van der Waals surface area contributed by atoms with E-state index in [9.17, 15) is 13.9 Å². The third kappa shape index (κ3) is 3.30. The molecular formula is C10H15F2N3O. The summed E-state index contributed by atoms with van der Waals surface area (Å²) in [6.07, 6.45) is 0. The molecule has 1 aromatic heterocycles. The quantitative estimate of drug-likeness (QED) is 0.736. The van der Waals surface area contributed by atoms with E-state index in [2.05, 4.69) is 15.6 Å². The minimum absolute atomic E-state index is 0.0420. The van der Waals surface area contributed by atoms with Crippen LogP contribution in [0.4, 0.5) is 20.4 Å². The Balaban J connectivity index is 2.88. The van der Waals surface area contributed by atoms with Crippen molar-refractivity contribution in [2.75, 3.05) is 24.2 Å². The molecule has 90 valence electrons. The predicted molar refractivity (Wildman–Crippen MR) is 58.5 cm³/mol. The molecule has 0 atom stereocenters. The summed E-state index contributed by atoms with van der Waals surface area (Å²) >= 11 is 0. The maximum absolute atomic E-state index is 13.3. The van der Waals surface area contributed by atoms with Crippen LogP contribution in [0.1, 0.15) is 13.8 Å². The zero-order valence-electron chi connectivity index (χ0n) is 9.43. The van der Waals surface area contributed by atoms with Gasteiger partial charge in [0.25, 0.3) is 0 Å². The molecule has 0 aliphatic heterocycles. The normalized spacial score (nSPS) is 11.4. The van der Waals surface area contributed by atoms with Crippen LogP contribution in [-0.4, -0.2) is 29.3 Å². The number of anilines is 2. The van der Waals surface area contributed by atoms with Crippen LogP contribution in [-0.2, 0) is 0 Å². The van der Waals surface area contributed by atoms with Gasteiger partial charge < -0.3 is 15.7 Å². The lowest BCUT2D eigenvalue weighted by molar-refractivity contribution is 0.0943. The molecule has 3 N–H and O–H groups in total. The van der Waals surface area contributed by atoms with Crippen LogP contribution in [0.2, 0.25) is 0 Å². The number of pyridine rings is 1. The van der Waals surface area contributed by atoms with Gasteiger partial charge in [-0.25, -0.2) is 13.8 Å². The van der Waals surface area contributed by atoms with E-state index < -0.39 is 17.2 Å². The summed E-state index contributed by atoms with van der Waals surface area (Å²) < 4.78 is 26.3. The molecule has 0 aromatic carbocycles. The summed E-state index contributed by atoms with van der Waals surface area (Å²) in [5.74, 6) is -1.68. The fourth-order valence-corrected chi connectivity index (χ4v) is 1.07. The maximum Gasteiger partial charge on any atom is 0.168 e. The van der Waals surface area contributed by atoms with E-state index in [0.717, 1.165) is 6.07 Å². The number of nitrogens with zero attached hydrogens (tertiary/aromatic N) is 1. The fourth-order valence-electron chi connectivity index (χ4n) is 1.07. The number of hydrogen-bond acceptors (Lipinski definition) is 4. The predicted octanol–water partition coefficient (Wildman–Crippen LogP) is 1.58. The van der Waals surface area contributed by atoms with E-state index in [-0.39, 0.29) is 18.2 Å². The molecule has 0 amide bonds. The van der Waals surface area contributed by atoms with Crippen LogP contribution in [0.15, 0.2) is 6.07 Å². The molecule has 1 aromatic rings. The van der Waals surface area contributed by atoms with Crippen molar-refractivity contribution in [3.05, 3.63) is 17.7 Å². The van der Waals surface area contributed by atoms with Crippen LogP contribution in [0.25, 0.3) is 0 Å². The van der Waals surface area contributed by atoms with Gasteiger partial charge in [-0.05, 0) is 13.8 Å². The molecule has 0 saturated carbocycles. The number of nitrogens with one attached hydrogen (secondary N) is 2. The van der Waals surface area contributed by atoms with Crippen LogP contribution in [0, 0.1) is 11.6 Å². The van der Waals surface area contributed by atoms with Crippen LogP contribution in [0.3, 0.4) is 0 Å². The lowest BCUT2D eigenvalue weighted by Crippen LogP contribution is -2.30. The lowest BCUT2D eigenvalue weighted by atomic mass is 10.1. The third-order valence-electron chi connectivity index (χ3n) is 1.85. The summed E-state index contributed by atoms with van der Waals surface area (Å²) in [5, 5.41) is 14.6. The van der Waals surface area contributed by atoms with Gasteiger partial charge in [0.05, 0.1) is 5.60 Å². The minimum atomic E-state index is -0.998. The van der Waals surface area contributed by atoms with E-state index in [0.29, 0.717) is 0 Å². The maximum atomic E-state index is 13.3. The smallest absolute Gasteiger partial charge is 0.168 e. The van der Waals surface area contributed by atoms with Crippen LogP contribution < -0.4 is 10.6 Å². The van der Waals surface area contributed by atoms with Crippen molar-refractivity contribution in [3.8, 4) is 0 Å². The van der Waals surface area contributed by atoms with E-state index >= 15 is 0 Å². The third-order valence-corrected chi connectivity index (χ3v) is 1.85. The lowest BCUT2D eigenvalue weighted by Gasteiger charge is -2.18. The van der Waals surface area contributed by atoms with Gasteiger partial charge in [-0.15, -0.1) is 0 Å². The van der Waals surface area contributed by atoms with E-state index in [1.165, 1.54) is 7.05 Å². The zero-order valence-corrected chi connectivity index (χ0v) is 9.43. The largest absolute Gasteiger partial charge is 0.389 e. The van der Waals surface area contributed by atoms with Crippen molar-refractivity contribution in [1.29, 1.82) is 0 Å². The van der Waals surface area contributed by atoms with Gasteiger partial charge in [-0.1, -0.05) is 0 Å². The first kappa shape index (κ1) is 12.6. The standard InChI is InChI=1S/C10H15F2N3O/c1-10(2,16)5-14-9-7(12)4-6(11)8(13-3)15-9/h4,16H,5H2,1-3H3,(H2,13,14,15). The first-order valence-corrected chi connectivity index (χ1v) is 4.83. The highest BCUT2D eigenvalue weighted by molar-refractivity contribution is 5.47. The summed E-state index contributed by atoms with van der Waals surface area (Å²) in [6.45, 7) is 3.26. The molecule has 0 spiro atoms. The topological polar surface area (TPSA) is 57.2 Å². The Morgan fingerprint density at radius 2 is 1.88 bits per heavy atom. The average molecular weight is 231 g/mol. The molecule has 0 unspecified atom stereocenters. The Morgan fingerprint density at radius 3 is 2.38 bits per heavy atom. The highest BCUT2D eigenvalue weighted by Gasteiger charge is 2.15. The van der Waals surface area contributed by atoms with E-state index in [1.54, 1.807) is 13.8 Å². The van der Waals surface area contributed by atoms with Crippen molar-refractivity contribution in [3.63, 3.8) is 0 Å². The summed E-state index contributed by atoms with van der Waals surface area (Å²) in [7, 11) is 1.49. The highest BCUT2D eigenvalue weighted by Crippen LogP contribution is 2.19. The average Bonchev–Trinajstić information content (AvgIpc) is 2.15. The van der Waals surface area contributed by atoms with Crippen LogP contribution >= 0.6 is 0 Å². The molecule has 0 fully saturated rings. The minimum Gasteiger partial charge on any atom is -0.389 e. The molecule has 4 nitrogen and oxygen atoms in total. The Hall–Kier alpha value is -1.43. The van der Waals surface area contributed by atoms with E-state index in [1.807, 2.05) is 0 Å². The van der Waals surface area contributed by atoms with Gasteiger partial charge in [-0.2, -0.15) is 0 Å². The Morgan fingerprint density at radius 1 is 1.31 bits per heavy atom. The molecule has 0 saturated heterocycles. The monoisotopic (exact) mass is 231 g/mol. The Bertz CT molecular complexity index is 377. The molecule has 1 heterocycles. The van der Waals surface area contributed by atoms with Crippen molar-refractivity contribution in [1.82, 2.24) is 4.98 Å². The second-order valence-corrected chi connectivity index (χ2v) is 4.07. The molecule has 0 radical (unpaired) electrons. The number of aliphatic hydroxyl groups is 1. The molecule has 0 aliphatic rings. The molecule has 1 rings (SSSR count). The second-order valence-electron chi connectivity index (χ2n) is 4.07. The first-order valence-electron chi connectivity index (χ1n) is 4.83. The number of hydrogen-bond donors (Lipinski definition) is 3. The summed E-state index contributed by atoms with van der Waals surface area (Å²) in [5.41, 5.74) is -0.998. The van der Waals surface area contributed by atoms with Gasteiger partial charge in [0.1, 0.15) is 0 Å². The molecular weight excluding hydrogens is 216 g/mol. The second kappa shape index (κ2) is 4.61. The van der Waals surface area contributed by atoms with Crippen molar-refractivity contribution < 1.29 is 13.9 Å². The molecule has 6 heteroatoms. The molecule has 16 heavy (non-hydrogen) atoms.